The number of carboxylic acid groups (broad SMARTS) is 1. The summed E-state index contributed by atoms with van der Waals surface area (Å²) in [4.78, 5) is 52.5. The first-order valence-electron chi connectivity index (χ1n) is 12.5. The van der Waals surface area contributed by atoms with Gasteiger partial charge in [0.05, 0.1) is 16.2 Å². The number of carbonyl (C=O) groups is 4. The molecular weight excluding hydrogens is 565 g/mol. The van der Waals surface area contributed by atoms with E-state index < -0.39 is 34.7 Å². The van der Waals surface area contributed by atoms with Crippen molar-refractivity contribution in [2.75, 3.05) is 16.0 Å². The first kappa shape index (κ1) is 28.0. The maximum atomic E-state index is 13.2. The van der Waals surface area contributed by atoms with Gasteiger partial charge in [0.25, 0.3) is 5.91 Å². The standard InChI is InChI=1S/C28H22ClF3N4O5/c29-19-7-4-14(11-18(19)28(30,31)32)34-27(41)33-13-5-8-20-16(10-13)17(26(40)36-20)12-22-15(6-9-24(38)39)25-21(35-22)2-1-3-23(25)37/h4-5,7-8,10-12,35H,1-3,6,9H2,(H,36,40)(H,38,39)(H2,33,34,41)/b17-12-. The zero-order chi connectivity index (χ0) is 29.5. The van der Waals surface area contributed by atoms with Crippen molar-refractivity contribution in [3.8, 4) is 0 Å². The number of aromatic amines is 1. The maximum absolute atomic E-state index is 13.2. The summed E-state index contributed by atoms with van der Waals surface area (Å²) >= 11 is 5.63. The highest BCUT2D eigenvalue weighted by atomic mass is 35.5. The van der Waals surface area contributed by atoms with E-state index in [0.29, 0.717) is 53.0 Å². The van der Waals surface area contributed by atoms with Crippen LogP contribution in [-0.2, 0) is 28.6 Å². The van der Waals surface area contributed by atoms with E-state index in [-0.39, 0.29) is 35.6 Å². The van der Waals surface area contributed by atoms with Crippen molar-refractivity contribution < 1.29 is 37.5 Å². The van der Waals surface area contributed by atoms with Crippen LogP contribution < -0.4 is 16.0 Å². The van der Waals surface area contributed by atoms with Gasteiger partial charge in [-0.2, -0.15) is 13.2 Å². The molecule has 2 aliphatic rings. The average Bonchev–Trinajstić information content (AvgIpc) is 3.40. The summed E-state index contributed by atoms with van der Waals surface area (Å²) < 4.78 is 39.5. The predicted octanol–water partition coefficient (Wildman–Crippen LogP) is 6.36. The molecule has 0 fully saturated rings. The molecule has 0 saturated carbocycles. The topological polar surface area (TPSA) is 140 Å². The number of aromatic nitrogens is 1. The highest BCUT2D eigenvalue weighted by Gasteiger charge is 2.33. The third-order valence-corrected chi connectivity index (χ3v) is 7.12. The lowest BCUT2D eigenvalue weighted by atomic mass is 9.91. The Morgan fingerprint density at radius 1 is 1.05 bits per heavy atom. The fraction of sp³-hybridized carbons (Fsp3) is 0.214. The molecule has 41 heavy (non-hydrogen) atoms. The van der Waals surface area contributed by atoms with Gasteiger partial charge in [0.15, 0.2) is 5.78 Å². The largest absolute Gasteiger partial charge is 0.481 e. The molecule has 3 amide bonds. The Morgan fingerprint density at radius 3 is 2.46 bits per heavy atom. The monoisotopic (exact) mass is 586 g/mol. The van der Waals surface area contributed by atoms with E-state index in [1.54, 1.807) is 12.1 Å². The third kappa shape index (κ3) is 5.82. The molecule has 5 N–H and O–H groups in total. The number of hydrogen-bond acceptors (Lipinski definition) is 4. The van der Waals surface area contributed by atoms with Gasteiger partial charge in [-0.15, -0.1) is 0 Å². The van der Waals surface area contributed by atoms with Crippen molar-refractivity contribution in [1.29, 1.82) is 0 Å². The number of H-pyrrole nitrogens is 1. The molecule has 0 atom stereocenters. The highest BCUT2D eigenvalue weighted by molar-refractivity contribution is 6.35. The fourth-order valence-corrected chi connectivity index (χ4v) is 5.20. The summed E-state index contributed by atoms with van der Waals surface area (Å²) in [5.41, 5.74) is 2.32. The lowest BCUT2D eigenvalue weighted by molar-refractivity contribution is -0.138. The highest BCUT2D eigenvalue weighted by Crippen LogP contribution is 2.38. The van der Waals surface area contributed by atoms with Gasteiger partial charge in [-0.05, 0) is 67.3 Å². The second kappa shape index (κ2) is 10.8. The minimum atomic E-state index is -4.70. The second-order valence-corrected chi connectivity index (χ2v) is 9.99. The van der Waals surface area contributed by atoms with Gasteiger partial charge in [-0.1, -0.05) is 11.6 Å². The Bertz CT molecular complexity index is 1640. The van der Waals surface area contributed by atoms with Gasteiger partial charge in [0, 0.05) is 52.4 Å². The van der Waals surface area contributed by atoms with E-state index in [2.05, 4.69) is 20.9 Å². The number of alkyl halides is 3. The van der Waals surface area contributed by atoms with Crippen LogP contribution in [0.2, 0.25) is 5.02 Å². The van der Waals surface area contributed by atoms with Crippen molar-refractivity contribution in [2.45, 2.75) is 38.3 Å². The summed E-state index contributed by atoms with van der Waals surface area (Å²) in [6, 6.07) is 6.74. The molecule has 2 heterocycles. The zero-order valence-electron chi connectivity index (χ0n) is 21.2. The van der Waals surface area contributed by atoms with E-state index in [9.17, 15) is 37.5 Å². The minimum Gasteiger partial charge on any atom is -0.481 e. The van der Waals surface area contributed by atoms with Crippen LogP contribution in [0.15, 0.2) is 36.4 Å². The van der Waals surface area contributed by atoms with Crippen LogP contribution in [0, 0.1) is 0 Å². The molecule has 0 saturated heterocycles. The molecule has 0 radical (unpaired) electrons. The van der Waals surface area contributed by atoms with E-state index in [4.69, 9.17) is 11.6 Å². The van der Waals surface area contributed by atoms with Crippen molar-refractivity contribution in [2.24, 2.45) is 0 Å². The molecule has 0 unspecified atom stereocenters. The number of aliphatic carboxylic acids is 1. The number of urea groups is 1. The number of Topliss-reactive ketones (excluding diaryl/α,β-unsaturated/α-hetero) is 1. The minimum absolute atomic E-state index is 0.0793. The SMILES string of the molecule is O=C(O)CCc1c(/C=C2\C(=O)Nc3ccc(NC(=O)Nc4ccc(Cl)c(C(F)(F)F)c4)cc32)[nH]c2c1C(=O)CCC2. The lowest BCUT2D eigenvalue weighted by Gasteiger charge is -2.13. The Hall–Kier alpha value is -4.58. The number of aryl methyl sites for hydroxylation is 1. The van der Waals surface area contributed by atoms with Crippen LogP contribution in [0.1, 0.15) is 57.7 Å². The molecule has 0 spiro atoms. The van der Waals surface area contributed by atoms with Gasteiger partial charge in [-0.25, -0.2) is 4.79 Å². The smallest absolute Gasteiger partial charge is 0.417 e. The Labute approximate surface area is 235 Å². The molecule has 212 valence electrons. The number of rotatable bonds is 6. The van der Waals surface area contributed by atoms with Crippen molar-refractivity contribution in [3.63, 3.8) is 0 Å². The van der Waals surface area contributed by atoms with Crippen molar-refractivity contribution >= 4 is 64.0 Å². The van der Waals surface area contributed by atoms with Crippen LogP contribution in [0.5, 0.6) is 0 Å². The molecule has 0 bridgehead atoms. The van der Waals surface area contributed by atoms with Gasteiger partial charge in [0.1, 0.15) is 0 Å². The van der Waals surface area contributed by atoms with Crippen LogP contribution in [0.3, 0.4) is 0 Å². The Morgan fingerprint density at radius 2 is 1.76 bits per heavy atom. The number of carboxylic acids is 1. The van der Waals surface area contributed by atoms with E-state index in [0.717, 1.165) is 12.1 Å². The first-order valence-corrected chi connectivity index (χ1v) is 12.9. The molecule has 3 aromatic rings. The van der Waals surface area contributed by atoms with E-state index in [1.807, 2.05) is 0 Å². The summed E-state index contributed by atoms with van der Waals surface area (Å²) in [6.45, 7) is 0. The molecule has 1 aromatic heterocycles. The molecular formula is C28H22ClF3N4O5. The molecule has 2 aromatic carbocycles. The van der Waals surface area contributed by atoms with E-state index in [1.165, 1.54) is 18.2 Å². The Balaban J connectivity index is 1.42. The number of hydrogen-bond donors (Lipinski definition) is 5. The van der Waals surface area contributed by atoms with Crippen molar-refractivity contribution in [1.82, 2.24) is 4.98 Å². The number of fused-ring (bicyclic) bond motifs is 2. The molecule has 13 heteroatoms. The summed E-state index contributed by atoms with van der Waals surface area (Å²) in [6.07, 6.45) is -1.61. The second-order valence-electron chi connectivity index (χ2n) is 9.59. The lowest BCUT2D eigenvalue weighted by Crippen LogP contribution is -2.20. The van der Waals surface area contributed by atoms with Gasteiger partial charge in [-0.3, -0.25) is 14.4 Å². The average molecular weight is 587 g/mol. The molecule has 9 nitrogen and oxygen atoms in total. The van der Waals surface area contributed by atoms with Crippen molar-refractivity contribution in [3.05, 3.63) is 75.1 Å². The number of ketones is 1. The zero-order valence-corrected chi connectivity index (χ0v) is 21.9. The first-order chi connectivity index (χ1) is 19.4. The predicted molar refractivity (Wildman–Crippen MR) is 146 cm³/mol. The molecule has 1 aliphatic carbocycles. The number of benzene rings is 2. The number of amides is 3. The number of carbonyl (C=O) groups excluding carboxylic acids is 3. The number of halogens is 4. The normalized spacial score (nSPS) is 15.4. The summed E-state index contributed by atoms with van der Waals surface area (Å²) in [5, 5.41) is 16.3. The molecule has 1 aliphatic heterocycles. The molecule has 5 rings (SSSR count). The number of nitrogens with one attached hydrogen (secondary N) is 4. The maximum Gasteiger partial charge on any atom is 0.417 e. The van der Waals surface area contributed by atoms with Crippen LogP contribution in [-0.4, -0.2) is 33.8 Å². The van der Waals surface area contributed by atoms with E-state index >= 15 is 0 Å². The van der Waals surface area contributed by atoms with Crippen LogP contribution in [0.4, 0.5) is 35.0 Å². The number of anilines is 3. The quantitative estimate of drug-likeness (QED) is 0.214. The fourth-order valence-electron chi connectivity index (χ4n) is 4.97. The third-order valence-electron chi connectivity index (χ3n) is 6.79. The summed E-state index contributed by atoms with van der Waals surface area (Å²) in [5.74, 6) is -1.54. The van der Waals surface area contributed by atoms with Gasteiger partial charge >= 0.3 is 18.2 Å². The van der Waals surface area contributed by atoms with Crippen LogP contribution in [0.25, 0.3) is 11.6 Å². The van der Waals surface area contributed by atoms with Gasteiger partial charge in [0.2, 0.25) is 0 Å². The summed E-state index contributed by atoms with van der Waals surface area (Å²) in [7, 11) is 0. The van der Waals surface area contributed by atoms with Crippen LogP contribution >= 0.6 is 11.6 Å². The Kier molecular flexibility index (Phi) is 7.35. The van der Waals surface area contributed by atoms with Gasteiger partial charge < -0.3 is 26.0 Å².